The highest BCUT2D eigenvalue weighted by Gasteiger charge is 2.28. The second kappa shape index (κ2) is 11.8. The third kappa shape index (κ3) is 4.69. The van der Waals surface area contributed by atoms with Gasteiger partial charge in [0.1, 0.15) is 11.3 Å². The van der Waals surface area contributed by atoms with Crippen molar-refractivity contribution in [3.8, 4) is 45.6 Å². The quantitative estimate of drug-likeness (QED) is 0.120. The Kier molecular flexibility index (Phi) is 7.89. The number of hydrogen-bond donors (Lipinski definition) is 1. The first kappa shape index (κ1) is 32.0. The number of nitrogens with one attached hydrogen (secondary N) is 1. The average Bonchev–Trinajstić information content (AvgIpc) is 3.79. The SMILES string of the molecule is Brc1cc2c(c(Br)c1Br)-c1nc-2nc2c3ccccc3c(nc3nc(nc4[nH]c(n1)c1c(Br)c(Br)c(Br)c(Br)c41)-c1ccccc1-3)n2Br. The molecular weight excluding hydrogens is 1140 g/mol. The van der Waals surface area contributed by atoms with Crippen LogP contribution in [-0.2, 0) is 0 Å². The van der Waals surface area contributed by atoms with Gasteiger partial charge in [0.15, 0.2) is 34.6 Å². The van der Waals surface area contributed by atoms with Crippen molar-refractivity contribution in [1.29, 1.82) is 0 Å². The van der Waals surface area contributed by atoms with E-state index in [9.17, 15) is 0 Å². The lowest BCUT2D eigenvalue weighted by molar-refractivity contribution is 1.18. The Morgan fingerprint density at radius 1 is 0.479 bits per heavy atom. The minimum atomic E-state index is 0.466. The van der Waals surface area contributed by atoms with Gasteiger partial charge in [-0.1, -0.05) is 48.5 Å². The Bertz CT molecular complexity index is 2790. The molecule has 0 saturated heterocycles. The molecule has 0 spiro atoms. The van der Waals surface area contributed by atoms with Crippen molar-refractivity contribution < 1.29 is 0 Å². The molecule has 4 aromatic carbocycles. The Labute approximate surface area is 337 Å². The largest absolute Gasteiger partial charge is 0.324 e. The van der Waals surface area contributed by atoms with Crippen molar-refractivity contribution >= 4 is 172 Å². The van der Waals surface area contributed by atoms with Crippen LogP contribution in [0.15, 0.2) is 85.9 Å². The topological polar surface area (TPSA) is 98.1 Å². The first-order valence-corrected chi connectivity index (χ1v) is 20.1. The van der Waals surface area contributed by atoms with Crippen LogP contribution in [-0.4, -0.2) is 38.5 Å². The Morgan fingerprint density at radius 2 is 0.958 bits per heavy atom. The van der Waals surface area contributed by atoms with E-state index in [1.807, 2.05) is 54.6 Å². The fraction of sp³-hybridized carbons (Fsp3) is 0. The zero-order valence-electron chi connectivity index (χ0n) is 23.4. The van der Waals surface area contributed by atoms with E-state index in [0.29, 0.717) is 45.9 Å². The van der Waals surface area contributed by atoms with Gasteiger partial charge in [-0.05, 0) is 118 Å². The minimum absolute atomic E-state index is 0.466. The molecule has 5 heterocycles. The average molecular weight is 1150 g/mol. The fourth-order valence-corrected chi connectivity index (χ4v) is 10.6. The van der Waals surface area contributed by atoms with Crippen molar-refractivity contribution in [2.24, 2.45) is 0 Å². The molecule has 0 unspecified atom stereocenters. The van der Waals surface area contributed by atoms with E-state index < -0.39 is 0 Å². The molecule has 0 fully saturated rings. The van der Waals surface area contributed by atoms with Gasteiger partial charge in [0.2, 0.25) is 0 Å². The van der Waals surface area contributed by atoms with Gasteiger partial charge in [0.25, 0.3) is 0 Å². The van der Waals surface area contributed by atoms with Crippen LogP contribution in [0.25, 0.3) is 89.7 Å². The summed E-state index contributed by atoms with van der Waals surface area (Å²) < 4.78 is 7.49. The van der Waals surface area contributed by atoms with Crippen LogP contribution in [0.5, 0.6) is 0 Å². The molecule has 8 nitrogen and oxygen atoms in total. The molecule has 234 valence electrons. The summed E-state index contributed by atoms with van der Waals surface area (Å²) in [4.78, 5) is 34.2. The van der Waals surface area contributed by atoms with Crippen molar-refractivity contribution in [3.63, 3.8) is 0 Å². The number of halogens is 8. The van der Waals surface area contributed by atoms with E-state index in [0.717, 1.165) is 75.1 Å². The molecule has 48 heavy (non-hydrogen) atoms. The van der Waals surface area contributed by atoms with Crippen LogP contribution < -0.4 is 0 Å². The summed E-state index contributed by atoms with van der Waals surface area (Å²) in [5.74, 6) is 2.01. The highest BCUT2D eigenvalue weighted by Crippen LogP contribution is 2.49. The van der Waals surface area contributed by atoms with E-state index in [-0.39, 0.29) is 0 Å². The monoisotopic (exact) mass is 1140 g/mol. The summed E-state index contributed by atoms with van der Waals surface area (Å²) in [7, 11) is 0. The summed E-state index contributed by atoms with van der Waals surface area (Å²) in [5.41, 5.74) is 5.70. The number of aromatic amines is 1. The van der Waals surface area contributed by atoms with Gasteiger partial charge in [-0.15, -0.1) is 0 Å². The van der Waals surface area contributed by atoms with E-state index in [2.05, 4.69) is 133 Å². The molecule has 7 aromatic rings. The molecule has 3 aromatic heterocycles. The highest BCUT2D eigenvalue weighted by molar-refractivity contribution is 9.15. The van der Waals surface area contributed by atoms with Crippen LogP contribution in [0.2, 0.25) is 0 Å². The smallest absolute Gasteiger partial charge is 0.165 e. The van der Waals surface area contributed by atoms with Gasteiger partial charge in [-0.3, -0.25) is 0 Å². The molecule has 9 rings (SSSR count). The number of rotatable bonds is 0. The second-order valence-electron chi connectivity index (χ2n) is 10.7. The van der Waals surface area contributed by atoms with E-state index in [1.165, 1.54) is 0 Å². The predicted octanol–water partition coefficient (Wildman–Crippen LogP) is 12.8. The normalized spacial score (nSPS) is 12.2. The Morgan fingerprint density at radius 3 is 1.54 bits per heavy atom. The van der Waals surface area contributed by atoms with Gasteiger partial charge < -0.3 is 4.98 Å². The molecule has 0 radical (unpaired) electrons. The van der Waals surface area contributed by atoms with Gasteiger partial charge in [-0.25, -0.2) is 33.5 Å². The summed E-state index contributed by atoms with van der Waals surface area (Å²) in [5, 5.41) is 3.40. The van der Waals surface area contributed by atoms with Crippen molar-refractivity contribution in [2.75, 3.05) is 0 Å². The molecule has 1 N–H and O–H groups in total. The van der Waals surface area contributed by atoms with E-state index >= 15 is 0 Å². The molecule has 2 aliphatic heterocycles. The number of fused-ring (bicyclic) bond motifs is 20. The zero-order valence-corrected chi connectivity index (χ0v) is 36.0. The number of nitrogens with zero attached hydrogens (tertiary/aromatic N) is 7. The Balaban J connectivity index is 1.57. The molecule has 0 aliphatic carbocycles. The van der Waals surface area contributed by atoms with Gasteiger partial charge in [0.05, 0.1) is 16.1 Å². The fourth-order valence-electron chi connectivity index (χ4n) is 5.92. The van der Waals surface area contributed by atoms with Gasteiger partial charge in [0, 0.05) is 75.1 Å². The maximum atomic E-state index is 5.18. The van der Waals surface area contributed by atoms with Crippen molar-refractivity contribution in [2.45, 2.75) is 0 Å². The van der Waals surface area contributed by atoms with Crippen LogP contribution >= 0.6 is 128 Å². The lowest BCUT2D eigenvalue weighted by atomic mass is 10.1. The highest BCUT2D eigenvalue weighted by atomic mass is 79.9. The maximum absolute atomic E-state index is 5.18. The van der Waals surface area contributed by atoms with Crippen molar-refractivity contribution in [3.05, 3.63) is 85.9 Å². The number of benzene rings is 4. The van der Waals surface area contributed by atoms with Gasteiger partial charge in [-0.2, -0.15) is 0 Å². The van der Waals surface area contributed by atoms with Crippen LogP contribution in [0.3, 0.4) is 0 Å². The minimum Gasteiger partial charge on any atom is -0.324 e. The molecule has 0 amide bonds. The lowest BCUT2D eigenvalue weighted by Gasteiger charge is -2.07. The summed E-state index contributed by atoms with van der Waals surface area (Å²) in [6.07, 6.45) is 0. The first-order chi connectivity index (χ1) is 23.1. The number of aromatic nitrogens is 8. The number of H-pyrrole nitrogens is 1. The third-order valence-electron chi connectivity index (χ3n) is 8.08. The molecule has 0 saturated carbocycles. The molecule has 0 atom stereocenters. The van der Waals surface area contributed by atoms with Gasteiger partial charge >= 0.3 is 0 Å². The lowest BCUT2D eigenvalue weighted by Crippen LogP contribution is -1.88. The molecule has 8 bridgehead atoms. The predicted molar refractivity (Wildman–Crippen MR) is 218 cm³/mol. The maximum Gasteiger partial charge on any atom is 0.165 e. The van der Waals surface area contributed by atoms with Crippen LogP contribution in [0.4, 0.5) is 0 Å². The Hall–Kier alpha value is -1.92. The molecule has 2 aliphatic rings. The summed E-state index contributed by atoms with van der Waals surface area (Å²) in [6, 6.07) is 18.0. The number of hydrogen-bond acceptors (Lipinski definition) is 6. The summed E-state index contributed by atoms with van der Waals surface area (Å²) >= 11 is 30.1. The third-order valence-corrected chi connectivity index (χ3v) is 16.8. The molecular formula is C32H10Br8N8. The van der Waals surface area contributed by atoms with Crippen LogP contribution in [0, 0.1) is 0 Å². The summed E-state index contributed by atoms with van der Waals surface area (Å²) in [6.45, 7) is 0. The zero-order chi connectivity index (χ0) is 33.2. The van der Waals surface area contributed by atoms with E-state index in [4.69, 9.17) is 29.9 Å². The standard InChI is InChI=1S/C32H10Br8N8/c33-15-9-14-16(20(35)19(15)34)28-43-27(14)47-32-13-8-4-3-7-12(13)31(48(32)40)46-26-11-6-2-1-5-10(11)25(41-26)42-29-17-18(30(44-28)45-29)22(37)24(39)23(38)21(17)36/h1-9H,(H,41,42,43,44,45,46,47). The van der Waals surface area contributed by atoms with Crippen LogP contribution in [0.1, 0.15) is 0 Å². The van der Waals surface area contributed by atoms with Crippen molar-refractivity contribution in [1.82, 2.24) is 38.5 Å². The first-order valence-electron chi connectivity index (χ1n) is 13.9. The molecule has 16 heteroatoms. The second-order valence-corrected chi connectivity index (χ2v) is 17.0. The van der Waals surface area contributed by atoms with E-state index in [1.54, 1.807) is 3.59 Å².